The number of aromatic nitrogens is 1. The number of fused-ring (bicyclic) bond motifs is 1. The molecule has 0 saturated heterocycles. The van der Waals surface area contributed by atoms with Gasteiger partial charge >= 0.3 is 28.8 Å². The first-order chi connectivity index (χ1) is 23.1. The lowest BCUT2D eigenvalue weighted by atomic mass is 9.94. The first kappa shape index (κ1) is 39.6. The standard InChI is InChI=1S/C28H38N4O4S.C4F6O2/c33-23-12-11-21(27-26(23)31-28(36)37-27)13-15-29-17-18-32(22-9-5-2-6-10-22)25(35)14-16-30-19-24(34)20-7-3-1-4-8-20;5-3(6,7)1(11)2(12)4(8,9)10/h1,3-4,7-8,11-12,22,24,29-30,33-34H,2,5-6,9-10,13-19H2,(H,31,36);/t24-;/m0./s1. The number of aliphatic hydroxyl groups is 1. The fourth-order valence-corrected chi connectivity index (χ4v) is 6.25. The van der Waals surface area contributed by atoms with E-state index in [0.717, 1.165) is 53.0 Å². The van der Waals surface area contributed by atoms with E-state index in [1.54, 1.807) is 6.07 Å². The number of hydrogen-bond acceptors (Lipinski definition) is 9. The molecule has 1 saturated carbocycles. The number of Topliss-reactive ketones (excluding diaryl/α,β-unsaturated/α-hetero) is 2. The normalized spacial score (nSPS) is 14.6. The average molecular weight is 721 g/mol. The van der Waals surface area contributed by atoms with E-state index in [1.807, 2.05) is 36.4 Å². The van der Waals surface area contributed by atoms with Crippen LogP contribution in [0.3, 0.4) is 0 Å². The molecule has 1 fully saturated rings. The van der Waals surface area contributed by atoms with Crippen LogP contribution in [0.2, 0.25) is 0 Å². The number of alkyl halides is 6. The number of aromatic amines is 1. The highest BCUT2D eigenvalue weighted by Gasteiger charge is 2.54. The van der Waals surface area contributed by atoms with Gasteiger partial charge in [-0.2, -0.15) is 26.3 Å². The molecule has 1 aliphatic carbocycles. The number of phenols is 1. The van der Waals surface area contributed by atoms with Gasteiger partial charge < -0.3 is 30.7 Å². The quantitative estimate of drug-likeness (QED) is 0.0925. The topological polar surface area (TPSA) is 152 Å². The molecule has 1 atom stereocenters. The predicted octanol–water partition coefficient (Wildman–Crippen LogP) is 4.55. The zero-order chi connectivity index (χ0) is 36.2. The number of benzene rings is 2. The number of nitrogens with zero attached hydrogens (tertiary/aromatic N) is 1. The monoisotopic (exact) mass is 720 g/mol. The number of carbonyl (C=O) groups excluding carboxylic acids is 3. The maximum absolute atomic E-state index is 13.2. The Morgan fingerprint density at radius 3 is 2.14 bits per heavy atom. The van der Waals surface area contributed by atoms with E-state index in [1.165, 1.54) is 19.3 Å². The van der Waals surface area contributed by atoms with Crippen molar-refractivity contribution >= 4 is 39.0 Å². The summed E-state index contributed by atoms with van der Waals surface area (Å²) in [6.45, 7) is 3.04. The lowest BCUT2D eigenvalue weighted by molar-refractivity contribution is -0.193. The molecule has 3 aromatic rings. The molecule has 10 nitrogen and oxygen atoms in total. The third-order valence-corrected chi connectivity index (χ3v) is 8.79. The van der Waals surface area contributed by atoms with Gasteiger partial charge in [-0.25, -0.2) is 0 Å². The summed E-state index contributed by atoms with van der Waals surface area (Å²) in [6, 6.07) is 13.3. The smallest absolute Gasteiger partial charge is 0.458 e. The van der Waals surface area contributed by atoms with E-state index in [4.69, 9.17) is 0 Å². The second-order valence-electron chi connectivity index (χ2n) is 11.4. The summed E-state index contributed by atoms with van der Waals surface area (Å²) in [7, 11) is 0. The van der Waals surface area contributed by atoms with Gasteiger partial charge in [0.1, 0.15) is 11.3 Å². The summed E-state index contributed by atoms with van der Waals surface area (Å²) in [6.07, 6.45) is -5.29. The third-order valence-electron chi connectivity index (χ3n) is 7.83. The number of amides is 1. The summed E-state index contributed by atoms with van der Waals surface area (Å²) in [5.41, 5.74) is 2.40. The van der Waals surface area contributed by atoms with Crippen molar-refractivity contribution < 1.29 is 50.9 Å². The number of phenolic OH excluding ortho intramolecular Hbond substituents is 1. The number of aliphatic hydroxyl groups excluding tert-OH is 1. The van der Waals surface area contributed by atoms with Crippen molar-refractivity contribution in [1.29, 1.82) is 0 Å². The van der Waals surface area contributed by atoms with Gasteiger partial charge in [-0.05, 0) is 43.0 Å². The molecule has 0 aliphatic heterocycles. The van der Waals surface area contributed by atoms with Gasteiger partial charge in [-0.15, -0.1) is 0 Å². The molecule has 0 spiro atoms. The Labute approximate surface area is 281 Å². The number of aromatic hydroxyl groups is 1. The van der Waals surface area contributed by atoms with Crippen LogP contribution in [0.5, 0.6) is 5.75 Å². The molecule has 0 unspecified atom stereocenters. The molecule has 1 heterocycles. The van der Waals surface area contributed by atoms with E-state index in [2.05, 4.69) is 20.5 Å². The maximum Gasteiger partial charge on any atom is 0.458 e. The molecule has 5 N–H and O–H groups in total. The summed E-state index contributed by atoms with van der Waals surface area (Å²) >= 11 is 1.12. The molecule has 1 aromatic heterocycles. The predicted molar refractivity (Wildman–Crippen MR) is 170 cm³/mol. The minimum Gasteiger partial charge on any atom is -0.506 e. The second kappa shape index (κ2) is 18.3. The van der Waals surface area contributed by atoms with Gasteiger partial charge in [-0.1, -0.05) is 67.0 Å². The zero-order valence-corrected chi connectivity index (χ0v) is 27.1. The highest BCUT2D eigenvalue weighted by atomic mass is 32.1. The lowest BCUT2D eigenvalue weighted by Crippen LogP contribution is -2.45. The van der Waals surface area contributed by atoms with Crippen molar-refractivity contribution in [2.45, 2.75) is 69.4 Å². The number of carbonyl (C=O) groups is 3. The van der Waals surface area contributed by atoms with Crippen LogP contribution in [0.15, 0.2) is 47.3 Å². The highest BCUT2D eigenvalue weighted by molar-refractivity contribution is 7.16. The van der Waals surface area contributed by atoms with E-state index in [9.17, 15) is 55.7 Å². The van der Waals surface area contributed by atoms with Gasteiger partial charge in [0.2, 0.25) is 5.91 Å². The van der Waals surface area contributed by atoms with Crippen molar-refractivity contribution in [3.63, 3.8) is 0 Å². The van der Waals surface area contributed by atoms with Crippen molar-refractivity contribution in [2.75, 3.05) is 32.7 Å². The Bertz CT molecular complexity index is 1560. The molecule has 1 amide bonds. The lowest BCUT2D eigenvalue weighted by Gasteiger charge is -2.34. The Kier molecular flexibility index (Phi) is 14.8. The number of thiazole rings is 1. The third kappa shape index (κ3) is 12.2. The summed E-state index contributed by atoms with van der Waals surface area (Å²) in [5, 5.41) is 27.0. The maximum atomic E-state index is 13.2. The number of halogens is 6. The fraction of sp³-hybridized carbons (Fsp3) is 0.500. The van der Waals surface area contributed by atoms with Crippen LogP contribution in [-0.2, 0) is 20.8 Å². The van der Waals surface area contributed by atoms with E-state index < -0.39 is 30.0 Å². The molecular weight excluding hydrogens is 682 g/mol. The van der Waals surface area contributed by atoms with E-state index in [-0.39, 0.29) is 16.5 Å². The van der Waals surface area contributed by atoms with E-state index in [0.29, 0.717) is 44.2 Å². The Morgan fingerprint density at radius 1 is 0.898 bits per heavy atom. The van der Waals surface area contributed by atoms with Crippen molar-refractivity contribution in [3.05, 3.63) is 63.3 Å². The van der Waals surface area contributed by atoms with Crippen LogP contribution in [0.25, 0.3) is 10.2 Å². The number of H-pyrrole nitrogens is 1. The van der Waals surface area contributed by atoms with Crippen molar-refractivity contribution in [1.82, 2.24) is 20.5 Å². The SMILES string of the molecule is O=C(C(=O)C(F)(F)F)C(F)(F)F.O=C(CCNC[C@H](O)c1ccccc1)N(CCNCCc1ccc(O)c2[nH]c(=O)sc12)C1CCCCC1. The first-order valence-corrected chi connectivity index (χ1v) is 16.4. The molecule has 270 valence electrons. The average Bonchev–Trinajstić information content (AvgIpc) is 3.47. The number of rotatable bonds is 14. The van der Waals surface area contributed by atoms with E-state index >= 15 is 0 Å². The number of hydrogen-bond donors (Lipinski definition) is 5. The van der Waals surface area contributed by atoms with Gasteiger partial charge in [0.25, 0.3) is 0 Å². The number of ketones is 2. The molecule has 1 aliphatic rings. The van der Waals surface area contributed by atoms with Crippen LogP contribution in [-0.4, -0.2) is 88.7 Å². The van der Waals surface area contributed by atoms with Crippen LogP contribution >= 0.6 is 11.3 Å². The molecule has 4 rings (SSSR count). The van der Waals surface area contributed by atoms with Gasteiger partial charge in [0, 0.05) is 38.6 Å². The highest BCUT2D eigenvalue weighted by Crippen LogP contribution is 2.28. The Hall–Kier alpha value is -3.80. The largest absolute Gasteiger partial charge is 0.506 e. The van der Waals surface area contributed by atoms with Crippen molar-refractivity contribution in [3.8, 4) is 5.75 Å². The molecule has 0 radical (unpaired) electrons. The summed E-state index contributed by atoms with van der Waals surface area (Å²) in [4.78, 5) is 48.7. The van der Waals surface area contributed by atoms with Gasteiger partial charge in [0.05, 0.1) is 10.8 Å². The molecule has 0 bridgehead atoms. The summed E-state index contributed by atoms with van der Waals surface area (Å²) < 4.78 is 67.8. The minimum atomic E-state index is -5.77. The Morgan fingerprint density at radius 2 is 1.53 bits per heavy atom. The van der Waals surface area contributed by atoms with Crippen LogP contribution in [0.1, 0.15) is 55.8 Å². The molecule has 49 heavy (non-hydrogen) atoms. The molecule has 17 heteroatoms. The summed E-state index contributed by atoms with van der Waals surface area (Å²) in [5.74, 6) is -6.56. The second-order valence-corrected chi connectivity index (χ2v) is 12.4. The van der Waals surface area contributed by atoms with Crippen LogP contribution < -0.4 is 15.5 Å². The zero-order valence-electron chi connectivity index (χ0n) is 26.3. The fourth-order valence-electron chi connectivity index (χ4n) is 5.35. The van der Waals surface area contributed by atoms with Crippen molar-refractivity contribution in [2.24, 2.45) is 0 Å². The Balaban J connectivity index is 0.000000463. The van der Waals surface area contributed by atoms with Gasteiger partial charge in [-0.3, -0.25) is 19.2 Å². The molecular formula is C32H38F6N4O6S. The van der Waals surface area contributed by atoms with Crippen LogP contribution in [0.4, 0.5) is 26.3 Å². The minimum absolute atomic E-state index is 0.0933. The van der Waals surface area contributed by atoms with Crippen LogP contribution in [0, 0.1) is 0 Å². The number of nitrogens with one attached hydrogen (secondary N) is 3. The van der Waals surface area contributed by atoms with Gasteiger partial charge in [0.15, 0.2) is 0 Å². The molecule has 2 aromatic carbocycles. The first-order valence-electron chi connectivity index (χ1n) is 15.6.